The number of carboxylic acids is 1. The molecule has 0 unspecified atom stereocenters. The third-order valence-corrected chi connectivity index (χ3v) is 6.90. The molecule has 0 amide bonds. The van der Waals surface area contributed by atoms with Crippen LogP contribution in [0.5, 0.6) is 5.75 Å². The Balaban J connectivity index is 1.80. The molecular weight excluding hydrogens is 471 g/mol. The maximum Gasteiger partial charge on any atom is 0.328 e. The summed E-state index contributed by atoms with van der Waals surface area (Å²) < 4.78 is 19.9. The van der Waals surface area contributed by atoms with Gasteiger partial charge < -0.3 is 9.84 Å². The monoisotopic (exact) mass is 498 g/mol. The topological polar surface area (TPSA) is 101 Å². The van der Waals surface area contributed by atoms with Crippen LogP contribution in [-0.2, 0) is 4.79 Å². The number of fused-ring (bicyclic) bond motifs is 1. The Labute approximate surface area is 213 Å². The molecule has 188 valence electrons. The minimum Gasteiger partial charge on any atom is -0.495 e. The fraction of sp³-hybridized carbons (Fsp3) is 0.241. The molecule has 2 N–H and O–H groups in total. The van der Waals surface area contributed by atoms with Gasteiger partial charge in [0.05, 0.1) is 35.6 Å². The van der Waals surface area contributed by atoms with Crippen LogP contribution in [0.15, 0.2) is 48.7 Å². The molecule has 0 radical (unpaired) electrons. The Morgan fingerprint density at radius 3 is 2.65 bits per heavy atom. The molecule has 8 heteroatoms. The normalized spacial score (nSPS) is 14.6. The van der Waals surface area contributed by atoms with Crippen LogP contribution in [0.1, 0.15) is 53.0 Å². The number of nitrogens with one attached hydrogen (secondary N) is 1. The van der Waals surface area contributed by atoms with E-state index in [9.17, 15) is 9.18 Å². The summed E-state index contributed by atoms with van der Waals surface area (Å²) in [6.07, 6.45) is 7.45. The van der Waals surface area contributed by atoms with Crippen molar-refractivity contribution in [3.63, 3.8) is 0 Å². The van der Waals surface area contributed by atoms with Crippen LogP contribution in [0.4, 0.5) is 4.39 Å². The summed E-state index contributed by atoms with van der Waals surface area (Å²) in [5, 5.41) is 15.9. The first-order chi connectivity index (χ1) is 17.9. The number of H-pyrrole nitrogens is 1. The molecule has 3 heterocycles. The van der Waals surface area contributed by atoms with E-state index in [1.54, 1.807) is 19.4 Å². The second-order valence-electron chi connectivity index (χ2n) is 9.27. The standard InChI is InChI=1S/C29H27FN4O3/c1-16-13-21(37-3)15-31-28(16)27(18-5-4-6-18)26(19-7-11-24-23(14-19)29(30)34-33-24)22-10-8-20(32-17(22)2)9-12-25(35)36/h7-15,18H,4-6H2,1-3H3,(H,33,34)(H,35,36)/b12-9+,27-26-. The van der Waals surface area contributed by atoms with Gasteiger partial charge in [-0.1, -0.05) is 18.6 Å². The van der Waals surface area contributed by atoms with E-state index in [1.165, 1.54) is 6.08 Å². The molecule has 0 atom stereocenters. The van der Waals surface area contributed by atoms with E-state index in [0.717, 1.165) is 64.6 Å². The number of aromatic nitrogens is 4. The van der Waals surface area contributed by atoms with E-state index in [2.05, 4.69) is 15.2 Å². The van der Waals surface area contributed by atoms with Crippen molar-refractivity contribution in [1.29, 1.82) is 0 Å². The SMILES string of the molecule is COc1cnc(/C(=C(/c2ccc3n[nH]c(F)c3c2)c2ccc(/C=C/C(=O)O)nc2C)C2CCC2)c(C)c1. The fourth-order valence-corrected chi connectivity index (χ4v) is 4.84. The zero-order chi connectivity index (χ0) is 26.1. The van der Waals surface area contributed by atoms with Crippen LogP contribution < -0.4 is 4.74 Å². The third-order valence-electron chi connectivity index (χ3n) is 6.90. The molecule has 3 aromatic heterocycles. The van der Waals surface area contributed by atoms with E-state index >= 15 is 0 Å². The molecule has 0 spiro atoms. The largest absolute Gasteiger partial charge is 0.495 e. The average molecular weight is 499 g/mol. The van der Waals surface area contributed by atoms with Crippen LogP contribution in [0, 0.1) is 25.7 Å². The number of carbonyl (C=O) groups is 1. The highest BCUT2D eigenvalue weighted by molar-refractivity contribution is 6.01. The predicted molar refractivity (Wildman–Crippen MR) is 140 cm³/mol. The second-order valence-corrected chi connectivity index (χ2v) is 9.27. The van der Waals surface area contributed by atoms with Gasteiger partial charge >= 0.3 is 5.97 Å². The lowest BCUT2D eigenvalue weighted by atomic mass is 9.73. The number of rotatable bonds is 7. The molecule has 5 rings (SSSR count). The lowest BCUT2D eigenvalue weighted by Gasteiger charge is -2.32. The van der Waals surface area contributed by atoms with Crippen molar-refractivity contribution in [2.75, 3.05) is 7.11 Å². The van der Waals surface area contributed by atoms with Gasteiger partial charge in [-0.05, 0) is 85.2 Å². The molecular formula is C29H27FN4O3. The van der Waals surface area contributed by atoms with Crippen LogP contribution in [-0.4, -0.2) is 38.4 Å². The summed E-state index contributed by atoms with van der Waals surface area (Å²) in [5.41, 5.74) is 7.44. The zero-order valence-electron chi connectivity index (χ0n) is 20.9. The third kappa shape index (κ3) is 4.74. The summed E-state index contributed by atoms with van der Waals surface area (Å²) >= 11 is 0. The quantitative estimate of drug-likeness (QED) is 0.304. The van der Waals surface area contributed by atoms with Crippen molar-refractivity contribution in [3.8, 4) is 5.75 Å². The Morgan fingerprint density at radius 1 is 1.19 bits per heavy atom. The van der Waals surface area contributed by atoms with Crippen LogP contribution in [0.25, 0.3) is 28.1 Å². The molecule has 0 aliphatic heterocycles. The number of carboxylic acid groups (broad SMARTS) is 1. The highest BCUT2D eigenvalue weighted by Crippen LogP contribution is 2.46. The lowest BCUT2D eigenvalue weighted by Crippen LogP contribution is -2.17. The summed E-state index contributed by atoms with van der Waals surface area (Å²) in [6.45, 7) is 3.92. The van der Waals surface area contributed by atoms with E-state index in [-0.39, 0.29) is 5.92 Å². The molecule has 0 bridgehead atoms. The van der Waals surface area contributed by atoms with Gasteiger partial charge in [0.15, 0.2) is 0 Å². The van der Waals surface area contributed by atoms with Crippen LogP contribution in [0.2, 0.25) is 0 Å². The van der Waals surface area contributed by atoms with Gasteiger partial charge in [-0.15, -0.1) is 0 Å². The number of ether oxygens (including phenoxy) is 1. The van der Waals surface area contributed by atoms with Crippen molar-refractivity contribution in [2.45, 2.75) is 33.1 Å². The molecule has 1 saturated carbocycles. The van der Waals surface area contributed by atoms with E-state index < -0.39 is 11.9 Å². The van der Waals surface area contributed by atoms with Crippen LogP contribution >= 0.6 is 0 Å². The number of aromatic amines is 1. The summed E-state index contributed by atoms with van der Waals surface area (Å²) in [7, 11) is 1.62. The van der Waals surface area contributed by atoms with Gasteiger partial charge in [-0.2, -0.15) is 9.49 Å². The molecule has 1 aliphatic carbocycles. The lowest BCUT2D eigenvalue weighted by molar-refractivity contribution is -0.131. The van der Waals surface area contributed by atoms with Gasteiger partial charge in [0.2, 0.25) is 5.95 Å². The van der Waals surface area contributed by atoms with Crippen molar-refractivity contribution < 1.29 is 19.0 Å². The molecule has 1 aliphatic rings. The van der Waals surface area contributed by atoms with Gasteiger partial charge in [0.25, 0.3) is 0 Å². The van der Waals surface area contributed by atoms with Gasteiger partial charge in [0, 0.05) is 17.3 Å². The van der Waals surface area contributed by atoms with Gasteiger partial charge in [-0.3, -0.25) is 15.1 Å². The first kappa shape index (κ1) is 24.4. The zero-order valence-corrected chi connectivity index (χ0v) is 20.9. The smallest absolute Gasteiger partial charge is 0.328 e. The molecule has 4 aromatic rings. The molecule has 0 saturated heterocycles. The van der Waals surface area contributed by atoms with Gasteiger partial charge in [0.1, 0.15) is 5.75 Å². The number of aliphatic carboxylic acids is 1. The summed E-state index contributed by atoms with van der Waals surface area (Å²) in [5.74, 6) is -0.549. The fourth-order valence-electron chi connectivity index (χ4n) is 4.84. The molecule has 1 fully saturated rings. The second kappa shape index (κ2) is 9.97. The number of allylic oxidation sites excluding steroid dienone is 1. The van der Waals surface area contributed by atoms with E-state index in [0.29, 0.717) is 22.3 Å². The number of methoxy groups -OCH3 is 1. The number of benzene rings is 1. The number of halogens is 1. The number of hydrogen-bond acceptors (Lipinski definition) is 5. The number of nitrogens with zero attached hydrogens (tertiary/aromatic N) is 3. The van der Waals surface area contributed by atoms with Crippen molar-refractivity contribution in [2.24, 2.45) is 5.92 Å². The number of aryl methyl sites for hydroxylation is 2. The maximum absolute atomic E-state index is 14.6. The number of pyridine rings is 2. The van der Waals surface area contributed by atoms with Gasteiger partial charge in [-0.25, -0.2) is 4.79 Å². The number of hydrogen-bond donors (Lipinski definition) is 2. The van der Waals surface area contributed by atoms with Crippen molar-refractivity contribution in [1.82, 2.24) is 20.2 Å². The molecule has 1 aromatic carbocycles. The van der Waals surface area contributed by atoms with E-state index in [1.807, 2.05) is 44.2 Å². The van der Waals surface area contributed by atoms with Crippen molar-refractivity contribution >= 4 is 34.1 Å². The predicted octanol–water partition coefficient (Wildman–Crippen LogP) is 5.97. The first-order valence-electron chi connectivity index (χ1n) is 12.1. The first-order valence-corrected chi connectivity index (χ1v) is 12.1. The van der Waals surface area contributed by atoms with E-state index in [4.69, 9.17) is 14.8 Å². The maximum atomic E-state index is 14.6. The summed E-state index contributed by atoms with van der Waals surface area (Å²) in [6, 6.07) is 11.3. The Kier molecular flexibility index (Phi) is 6.56. The van der Waals surface area contributed by atoms with Crippen molar-refractivity contribution in [3.05, 3.63) is 88.4 Å². The Bertz CT molecular complexity index is 1570. The summed E-state index contributed by atoms with van der Waals surface area (Å²) in [4.78, 5) is 20.5. The minimum atomic E-state index is -1.03. The molecule has 37 heavy (non-hydrogen) atoms. The minimum absolute atomic E-state index is 0.283. The molecule has 7 nitrogen and oxygen atoms in total. The van der Waals surface area contributed by atoms with Crippen LogP contribution in [0.3, 0.4) is 0 Å². The Hall–Kier alpha value is -4.33. The highest BCUT2D eigenvalue weighted by atomic mass is 19.1. The average Bonchev–Trinajstić information content (AvgIpc) is 3.22. The highest BCUT2D eigenvalue weighted by Gasteiger charge is 2.30. The Morgan fingerprint density at radius 2 is 2.00 bits per heavy atom.